The maximum absolute atomic E-state index is 12.5. The van der Waals surface area contributed by atoms with Crippen molar-refractivity contribution in [2.75, 3.05) is 13.7 Å². The van der Waals surface area contributed by atoms with Gasteiger partial charge in [0.05, 0.1) is 16.6 Å². The van der Waals surface area contributed by atoms with Crippen molar-refractivity contribution >= 4 is 33.4 Å². The number of nitrogens with zero attached hydrogens (tertiary/aromatic N) is 1. The minimum atomic E-state index is 0.0393. The number of rotatable bonds is 2. The molecule has 0 aliphatic carbocycles. The zero-order valence-corrected chi connectivity index (χ0v) is 13.4. The molecule has 1 aliphatic rings. The maximum atomic E-state index is 12.5. The molecule has 1 aliphatic heterocycles. The van der Waals surface area contributed by atoms with Crippen LogP contribution in [0.2, 0.25) is 5.02 Å². The van der Waals surface area contributed by atoms with Gasteiger partial charge in [-0.2, -0.15) is 0 Å². The summed E-state index contributed by atoms with van der Waals surface area (Å²) in [6.07, 6.45) is 3.33. The van der Waals surface area contributed by atoms with Gasteiger partial charge in [0.2, 0.25) is 0 Å². The van der Waals surface area contributed by atoms with Gasteiger partial charge in [-0.3, -0.25) is 4.79 Å². The third kappa shape index (κ3) is 3.06. The monoisotopic (exact) mass is 345 g/mol. The molecule has 2 rings (SSSR count). The summed E-state index contributed by atoms with van der Waals surface area (Å²) >= 11 is 9.51. The molecule has 0 radical (unpaired) electrons. The number of piperidine rings is 1. The van der Waals surface area contributed by atoms with Crippen LogP contribution in [0.3, 0.4) is 0 Å². The van der Waals surface area contributed by atoms with Crippen LogP contribution < -0.4 is 4.74 Å². The van der Waals surface area contributed by atoms with Gasteiger partial charge >= 0.3 is 0 Å². The van der Waals surface area contributed by atoms with Crippen molar-refractivity contribution in [3.8, 4) is 5.75 Å². The van der Waals surface area contributed by atoms with Gasteiger partial charge < -0.3 is 9.64 Å². The highest BCUT2D eigenvalue weighted by molar-refractivity contribution is 9.10. The van der Waals surface area contributed by atoms with Crippen LogP contribution in [-0.2, 0) is 0 Å². The van der Waals surface area contributed by atoms with E-state index in [1.54, 1.807) is 19.2 Å². The standard InChI is InChI=1S/C14H17BrClNO2/c1-9-5-3-4-6-17(9)14(18)10-7-11(15)13(19-2)12(16)8-10/h7-9H,3-6H2,1-2H3. The molecule has 0 saturated carbocycles. The molecule has 19 heavy (non-hydrogen) atoms. The van der Waals surface area contributed by atoms with Gasteiger partial charge in [0, 0.05) is 18.2 Å². The lowest BCUT2D eigenvalue weighted by Gasteiger charge is -2.33. The Morgan fingerprint density at radius 1 is 1.47 bits per heavy atom. The van der Waals surface area contributed by atoms with E-state index in [2.05, 4.69) is 22.9 Å². The second-order valence-electron chi connectivity index (χ2n) is 4.82. The van der Waals surface area contributed by atoms with Gasteiger partial charge in [-0.05, 0) is 54.2 Å². The zero-order chi connectivity index (χ0) is 14.0. The number of hydrogen-bond acceptors (Lipinski definition) is 2. The van der Waals surface area contributed by atoms with E-state index in [-0.39, 0.29) is 5.91 Å². The fourth-order valence-electron chi connectivity index (χ4n) is 2.44. The van der Waals surface area contributed by atoms with Crippen LogP contribution in [0.15, 0.2) is 16.6 Å². The van der Waals surface area contributed by atoms with Gasteiger partial charge in [-0.15, -0.1) is 0 Å². The molecule has 0 aromatic heterocycles. The van der Waals surface area contributed by atoms with Crippen LogP contribution in [0.5, 0.6) is 5.75 Å². The van der Waals surface area contributed by atoms with E-state index in [0.717, 1.165) is 19.4 Å². The number of halogens is 2. The molecule has 1 heterocycles. The highest BCUT2D eigenvalue weighted by Crippen LogP contribution is 2.34. The minimum Gasteiger partial charge on any atom is -0.494 e. The first-order chi connectivity index (χ1) is 9.04. The summed E-state index contributed by atoms with van der Waals surface area (Å²) in [5.41, 5.74) is 0.603. The maximum Gasteiger partial charge on any atom is 0.254 e. The number of ether oxygens (including phenoxy) is 1. The van der Waals surface area contributed by atoms with E-state index in [4.69, 9.17) is 16.3 Å². The highest BCUT2D eigenvalue weighted by Gasteiger charge is 2.25. The van der Waals surface area contributed by atoms with Crippen LogP contribution in [0.1, 0.15) is 36.5 Å². The Balaban J connectivity index is 2.28. The van der Waals surface area contributed by atoms with E-state index in [1.807, 2.05) is 4.90 Å². The second-order valence-corrected chi connectivity index (χ2v) is 6.08. The summed E-state index contributed by atoms with van der Waals surface area (Å²) in [7, 11) is 1.56. The minimum absolute atomic E-state index is 0.0393. The average Bonchev–Trinajstić information content (AvgIpc) is 2.38. The summed E-state index contributed by atoms with van der Waals surface area (Å²) in [6.45, 7) is 2.92. The topological polar surface area (TPSA) is 29.5 Å². The fourth-order valence-corrected chi connectivity index (χ4v) is 3.48. The van der Waals surface area contributed by atoms with Crippen LogP contribution in [0, 0.1) is 0 Å². The van der Waals surface area contributed by atoms with Crippen molar-refractivity contribution in [3.05, 3.63) is 27.2 Å². The summed E-state index contributed by atoms with van der Waals surface area (Å²) < 4.78 is 5.88. The van der Waals surface area contributed by atoms with Crippen molar-refractivity contribution in [3.63, 3.8) is 0 Å². The molecule has 1 aromatic rings. The Morgan fingerprint density at radius 2 is 2.21 bits per heavy atom. The number of methoxy groups -OCH3 is 1. The Bertz CT molecular complexity index is 469. The second kappa shape index (κ2) is 6.14. The Morgan fingerprint density at radius 3 is 2.79 bits per heavy atom. The predicted molar refractivity (Wildman–Crippen MR) is 80.1 cm³/mol. The molecular formula is C14H17BrClNO2. The highest BCUT2D eigenvalue weighted by atomic mass is 79.9. The van der Waals surface area contributed by atoms with Gasteiger partial charge in [0.1, 0.15) is 0 Å². The Kier molecular flexibility index (Phi) is 4.74. The fraction of sp³-hybridized carbons (Fsp3) is 0.500. The van der Waals surface area contributed by atoms with Crippen LogP contribution in [0.25, 0.3) is 0 Å². The van der Waals surface area contributed by atoms with Crippen molar-refractivity contribution in [2.24, 2.45) is 0 Å². The normalized spacial score (nSPS) is 19.4. The molecule has 0 bridgehead atoms. The van der Waals surface area contributed by atoms with Crippen molar-refractivity contribution in [2.45, 2.75) is 32.2 Å². The molecule has 1 amide bonds. The SMILES string of the molecule is COc1c(Cl)cc(C(=O)N2CCCCC2C)cc1Br. The molecule has 1 saturated heterocycles. The lowest BCUT2D eigenvalue weighted by atomic mass is 10.0. The smallest absolute Gasteiger partial charge is 0.254 e. The van der Waals surface area contributed by atoms with E-state index in [1.165, 1.54) is 6.42 Å². The van der Waals surface area contributed by atoms with E-state index >= 15 is 0 Å². The molecule has 5 heteroatoms. The van der Waals surface area contributed by atoms with Crippen molar-refractivity contribution in [1.29, 1.82) is 0 Å². The summed E-state index contributed by atoms with van der Waals surface area (Å²) in [6, 6.07) is 3.74. The number of benzene rings is 1. The molecule has 1 fully saturated rings. The lowest BCUT2D eigenvalue weighted by Crippen LogP contribution is -2.42. The molecule has 0 N–H and O–H groups in total. The molecular weight excluding hydrogens is 330 g/mol. The van der Waals surface area contributed by atoms with Gasteiger partial charge in [0.25, 0.3) is 5.91 Å². The van der Waals surface area contributed by atoms with E-state index < -0.39 is 0 Å². The van der Waals surface area contributed by atoms with Gasteiger partial charge in [0.15, 0.2) is 5.75 Å². The van der Waals surface area contributed by atoms with Crippen molar-refractivity contribution in [1.82, 2.24) is 4.90 Å². The number of carbonyl (C=O) groups excluding carboxylic acids is 1. The largest absolute Gasteiger partial charge is 0.494 e. The third-order valence-electron chi connectivity index (χ3n) is 3.51. The first kappa shape index (κ1) is 14.7. The first-order valence-corrected chi connectivity index (χ1v) is 7.55. The molecule has 1 aromatic carbocycles. The number of amides is 1. The number of likely N-dealkylation sites (tertiary alicyclic amines) is 1. The zero-order valence-electron chi connectivity index (χ0n) is 11.1. The van der Waals surface area contributed by atoms with Crippen LogP contribution in [0.4, 0.5) is 0 Å². The number of hydrogen-bond donors (Lipinski definition) is 0. The molecule has 3 nitrogen and oxygen atoms in total. The lowest BCUT2D eigenvalue weighted by molar-refractivity contribution is 0.0635. The predicted octanol–water partition coefficient (Wildman–Crippen LogP) is 4.13. The Hall–Kier alpha value is -0.740. The van der Waals surface area contributed by atoms with Gasteiger partial charge in [-0.1, -0.05) is 11.6 Å². The summed E-state index contributed by atoms with van der Waals surface area (Å²) in [5, 5.41) is 0.449. The first-order valence-electron chi connectivity index (χ1n) is 6.38. The van der Waals surface area contributed by atoms with Gasteiger partial charge in [-0.25, -0.2) is 0 Å². The van der Waals surface area contributed by atoms with Crippen molar-refractivity contribution < 1.29 is 9.53 Å². The number of carbonyl (C=O) groups is 1. The summed E-state index contributed by atoms with van der Waals surface area (Å²) in [4.78, 5) is 14.4. The third-order valence-corrected chi connectivity index (χ3v) is 4.38. The molecule has 0 spiro atoms. The molecule has 1 atom stereocenters. The molecule has 1 unspecified atom stereocenters. The molecule has 104 valence electrons. The summed E-state index contributed by atoms with van der Waals surface area (Å²) in [5.74, 6) is 0.599. The van der Waals surface area contributed by atoms with E-state index in [9.17, 15) is 4.79 Å². The Labute approximate surface area is 127 Å². The van der Waals surface area contributed by atoms with E-state index in [0.29, 0.717) is 26.9 Å². The van der Waals surface area contributed by atoms with Crippen LogP contribution >= 0.6 is 27.5 Å². The average molecular weight is 347 g/mol. The quantitative estimate of drug-likeness (QED) is 0.806. The van der Waals surface area contributed by atoms with Crippen LogP contribution in [-0.4, -0.2) is 30.5 Å².